The van der Waals surface area contributed by atoms with E-state index < -0.39 is 0 Å². The highest BCUT2D eigenvalue weighted by Gasteiger charge is 2.15. The fraction of sp³-hybridized carbons (Fsp3) is 0.111. The summed E-state index contributed by atoms with van der Waals surface area (Å²) >= 11 is 15.5. The molecule has 0 bridgehead atoms. The molecule has 0 amide bonds. The zero-order chi connectivity index (χ0) is 9.26. The molecule has 0 radical (unpaired) electrons. The lowest BCUT2D eigenvalue weighted by molar-refractivity contribution is 1.24. The summed E-state index contributed by atoms with van der Waals surface area (Å²) in [5, 5.41) is 4.65. The fourth-order valence-corrected chi connectivity index (χ4v) is 3.55. The summed E-state index contributed by atoms with van der Waals surface area (Å²) in [6, 6.07) is 5.90. The van der Waals surface area contributed by atoms with Gasteiger partial charge in [-0.25, -0.2) is 0 Å². The van der Waals surface area contributed by atoms with Crippen LogP contribution in [0.25, 0.3) is 0 Å². The van der Waals surface area contributed by atoms with Crippen LogP contribution < -0.4 is 0 Å². The lowest BCUT2D eigenvalue weighted by atomic mass is 10.3. The number of hydrogen-bond donors (Lipinski definition) is 0. The zero-order valence-electron chi connectivity index (χ0n) is 6.54. The largest absolute Gasteiger partial charge is 0.147 e. The molecule has 0 N–H and O–H groups in total. The molecule has 1 unspecified atom stereocenters. The first-order valence-corrected chi connectivity index (χ1v) is 6.27. The Morgan fingerprint density at radius 3 is 2.54 bits per heavy atom. The van der Waals surface area contributed by atoms with E-state index in [4.69, 9.17) is 23.2 Å². The summed E-state index contributed by atoms with van der Waals surface area (Å²) in [5.41, 5.74) is 0. The monoisotopic (exact) mass is 248 g/mol. The average Bonchev–Trinajstić information content (AvgIpc) is 2.72. The summed E-state index contributed by atoms with van der Waals surface area (Å²) < 4.78 is 0. The van der Waals surface area contributed by atoms with Gasteiger partial charge in [0.2, 0.25) is 0 Å². The van der Waals surface area contributed by atoms with Crippen molar-refractivity contribution in [1.29, 1.82) is 0 Å². The van der Waals surface area contributed by atoms with Crippen LogP contribution in [0.2, 0.25) is 5.02 Å². The Balaban J connectivity index is 2.33. The third-order valence-electron chi connectivity index (χ3n) is 1.67. The maximum atomic E-state index is 6.26. The van der Waals surface area contributed by atoms with Crippen molar-refractivity contribution in [2.75, 3.05) is 0 Å². The fourth-order valence-electron chi connectivity index (χ4n) is 1.05. The van der Waals surface area contributed by atoms with Crippen molar-refractivity contribution < 1.29 is 0 Å². The Kier molecular flexibility index (Phi) is 2.94. The molecule has 13 heavy (non-hydrogen) atoms. The highest BCUT2D eigenvalue weighted by atomic mass is 35.5. The predicted octanol–water partition coefficient (Wildman–Crippen LogP) is 4.79. The highest BCUT2D eigenvalue weighted by molar-refractivity contribution is 7.12. The lowest BCUT2D eigenvalue weighted by Crippen LogP contribution is -1.85. The van der Waals surface area contributed by atoms with Crippen LogP contribution >= 0.6 is 45.9 Å². The third-order valence-corrected chi connectivity index (χ3v) is 4.74. The smallest absolute Gasteiger partial charge is 0.103 e. The van der Waals surface area contributed by atoms with E-state index >= 15 is 0 Å². The van der Waals surface area contributed by atoms with Gasteiger partial charge in [-0.05, 0) is 22.9 Å². The van der Waals surface area contributed by atoms with Gasteiger partial charge in [0.15, 0.2) is 0 Å². The molecule has 68 valence electrons. The van der Waals surface area contributed by atoms with Crippen molar-refractivity contribution in [2.45, 2.75) is 5.38 Å². The summed E-state index contributed by atoms with van der Waals surface area (Å²) in [6.45, 7) is 0. The van der Waals surface area contributed by atoms with Crippen LogP contribution in [0.5, 0.6) is 0 Å². The minimum atomic E-state index is -0.0903. The average molecular weight is 249 g/mol. The first kappa shape index (κ1) is 9.53. The van der Waals surface area contributed by atoms with E-state index in [0.717, 1.165) is 14.8 Å². The molecule has 2 rings (SSSR count). The van der Waals surface area contributed by atoms with Gasteiger partial charge in [-0.2, -0.15) is 0 Å². The van der Waals surface area contributed by atoms with E-state index in [9.17, 15) is 0 Å². The topological polar surface area (TPSA) is 0 Å². The van der Waals surface area contributed by atoms with E-state index in [1.54, 1.807) is 22.7 Å². The summed E-state index contributed by atoms with van der Waals surface area (Å²) in [4.78, 5) is 2.18. The van der Waals surface area contributed by atoms with Crippen molar-refractivity contribution in [1.82, 2.24) is 0 Å². The van der Waals surface area contributed by atoms with E-state index in [-0.39, 0.29) is 5.38 Å². The van der Waals surface area contributed by atoms with Crippen LogP contribution in [0.15, 0.2) is 29.0 Å². The summed E-state index contributed by atoms with van der Waals surface area (Å²) in [6.07, 6.45) is 0. The molecule has 0 aliphatic rings. The molecule has 0 fully saturated rings. The van der Waals surface area contributed by atoms with Crippen molar-refractivity contribution in [3.05, 3.63) is 43.7 Å². The molecule has 2 aromatic rings. The molecule has 0 aliphatic heterocycles. The van der Waals surface area contributed by atoms with Gasteiger partial charge in [-0.3, -0.25) is 0 Å². The van der Waals surface area contributed by atoms with Gasteiger partial charge >= 0.3 is 0 Å². The number of rotatable bonds is 2. The Morgan fingerprint density at radius 1 is 1.15 bits per heavy atom. The second-order valence-electron chi connectivity index (χ2n) is 2.51. The Labute approximate surface area is 94.7 Å². The first-order valence-electron chi connectivity index (χ1n) is 3.69. The van der Waals surface area contributed by atoms with Crippen LogP contribution in [0.4, 0.5) is 0 Å². The van der Waals surface area contributed by atoms with Gasteiger partial charge in [0.1, 0.15) is 5.38 Å². The molecule has 0 spiro atoms. The van der Waals surface area contributed by atoms with Crippen molar-refractivity contribution in [3.8, 4) is 0 Å². The molecule has 0 aromatic carbocycles. The van der Waals surface area contributed by atoms with Crippen molar-refractivity contribution >= 4 is 45.9 Å². The molecule has 2 aromatic heterocycles. The Bertz CT molecular complexity index is 378. The summed E-state index contributed by atoms with van der Waals surface area (Å²) in [5.74, 6) is 0. The molecule has 0 nitrogen and oxygen atoms in total. The normalized spacial score (nSPS) is 13.1. The van der Waals surface area contributed by atoms with Crippen LogP contribution in [0.1, 0.15) is 15.1 Å². The molecule has 4 heteroatoms. The highest BCUT2D eigenvalue weighted by Crippen LogP contribution is 2.38. The second-order valence-corrected chi connectivity index (χ2v) is 5.28. The maximum Gasteiger partial charge on any atom is 0.103 e. The number of hydrogen-bond acceptors (Lipinski definition) is 2. The molecule has 0 saturated heterocycles. The summed E-state index contributed by atoms with van der Waals surface area (Å²) in [7, 11) is 0. The minimum absolute atomic E-state index is 0.0903. The molecule has 1 atom stereocenters. The lowest BCUT2D eigenvalue weighted by Gasteiger charge is -2.04. The van der Waals surface area contributed by atoms with E-state index in [2.05, 4.69) is 0 Å². The molecule has 0 saturated carbocycles. The SMILES string of the molecule is Clc1ccsc1C(Cl)c1cccs1. The van der Waals surface area contributed by atoms with Crippen LogP contribution in [-0.4, -0.2) is 0 Å². The standard InChI is InChI=1S/C9H6Cl2S2/c10-6-3-5-13-9(6)8(11)7-2-1-4-12-7/h1-5,8H. The molecular weight excluding hydrogens is 243 g/mol. The van der Waals surface area contributed by atoms with Crippen LogP contribution in [-0.2, 0) is 0 Å². The van der Waals surface area contributed by atoms with Gasteiger partial charge in [-0.15, -0.1) is 34.3 Å². The first-order chi connectivity index (χ1) is 6.29. The predicted molar refractivity (Wildman–Crippen MR) is 61.3 cm³/mol. The number of halogens is 2. The third kappa shape index (κ3) is 1.91. The van der Waals surface area contributed by atoms with Crippen LogP contribution in [0, 0.1) is 0 Å². The molecule has 2 heterocycles. The van der Waals surface area contributed by atoms with Crippen molar-refractivity contribution in [2.24, 2.45) is 0 Å². The quantitative estimate of drug-likeness (QED) is 0.671. The maximum absolute atomic E-state index is 6.26. The van der Waals surface area contributed by atoms with E-state index in [0.29, 0.717) is 0 Å². The van der Waals surface area contributed by atoms with Gasteiger partial charge in [0, 0.05) is 9.75 Å². The minimum Gasteiger partial charge on any atom is -0.147 e. The second kappa shape index (κ2) is 4.01. The van der Waals surface area contributed by atoms with E-state index in [1.807, 2.05) is 29.0 Å². The number of thiophene rings is 2. The van der Waals surface area contributed by atoms with Gasteiger partial charge < -0.3 is 0 Å². The van der Waals surface area contributed by atoms with Gasteiger partial charge in [0.05, 0.1) is 5.02 Å². The van der Waals surface area contributed by atoms with E-state index in [1.165, 1.54) is 0 Å². The van der Waals surface area contributed by atoms with Gasteiger partial charge in [-0.1, -0.05) is 17.7 Å². The van der Waals surface area contributed by atoms with Gasteiger partial charge in [0.25, 0.3) is 0 Å². The number of alkyl halides is 1. The Morgan fingerprint density at radius 2 is 2.00 bits per heavy atom. The zero-order valence-corrected chi connectivity index (χ0v) is 9.68. The molecule has 0 aliphatic carbocycles. The Hall–Kier alpha value is -0.0200. The van der Waals surface area contributed by atoms with Crippen LogP contribution in [0.3, 0.4) is 0 Å². The molecular formula is C9H6Cl2S2. The van der Waals surface area contributed by atoms with Crippen molar-refractivity contribution in [3.63, 3.8) is 0 Å².